The third kappa shape index (κ3) is 3.51. The highest BCUT2D eigenvalue weighted by atomic mass is 35.5. The van der Waals surface area contributed by atoms with Gasteiger partial charge in [0.05, 0.1) is 23.3 Å². The van der Waals surface area contributed by atoms with Gasteiger partial charge >= 0.3 is 0 Å². The average molecular weight is 395 g/mol. The van der Waals surface area contributed by atoms with Crippen molar-refractivity contribution in [3.05, 3.63) is 70.5 Å². The molecule has 28 heavy (non-hydrogen) atoms. The number of fused-ring (bicyclic) bond motifs is 1. The van der Waals surface area contributed by atoms with Gasteiger partial charge in [0.2, 0.25) is 5.91 Å². The number of carbonyl (C=O) groups excluding carboxylic acids is 2. The lowest BCUT2D eigenvalue weighted by molar-refractivity contribution is -0.116. The largest absolute Gasteiger partial charge is 0.326 e. The van der Waals surface area contributed by atoms with Crippen molar-refractivity contribution in [2.45, 2.75) is 26.2 Å². The Morgan fingerprint density at radius 1 is 1.25 bits per heavy atom. The third-order valence-electron chi connectivity index (χ3n) is 4.77. The second-order valence-corrected chi connectivity index (χ2v) is 7.06. The summed E-state index contributed by atoms with van der Waals surface area (Å²) in [5, 5.41) is 10.8. The fourth-order valence-electron chi connectivity index (χ4n) is 3.37. The number of halogens is 1. The Kier molecular flexibility index (Phi) is 4.88. The zero-order valence-electron chi connectivity index (χ0n) is 15.3. The van der Waals surface area contributed by atoms with Gasteiger partial charge in [0.1, 0.15) is 0 Å². The minimum atomic E-state index is -0.208. The average Bonchev–Trinajstić information content (AvgIpc) is 3.10. The van der Waals surface area contributed by atoms with E-state index in [0.29, 0.717) is 35.5 Å². The minimum Gasteiger partial charge on any atom is -0.326 e. The van der Waals surface area contributed by atoms with Crippen LogP contribution in [0.2, 0.25) is 5.02 Å². The molecule has 1 aliphatic rings. The van der Waals surface area contributed by atoms with E-state index in [4.69, 9.17) is 11.6 Å². The van der Waals surface area contributed by atoms with Crippen LogP contribution >= 0.6 is 11.6 Å². The second-order valence-electron chi connectivity index (χ2n) is 6.62. The quantitative estimate of drug-likeness (QED) is 0.695. The molecule has 1 aromatic heterocycles. The summed E-state index contributed by atoms with van der Waals surface area (Å²) in [6.45, 7) is 2.01. The first kappa shape index (κ1) is 18.3. The number of carbonyl (C=O) groups is 2. The molecule has 7 heteroatoms. The molecule has 0 spiro atoms. The van der Waals surface area contributed by atoms with E-state index < -0.39 is 0 Å². The molecule has 3 aromatic rings. The highest BCUT2D eigenvalue weighted by Crippen LogP contribution is 2.25. The smallest absolute Gasteiger partial charge is 0.255 e. The molecule has 0 bridgehead atoms. The summed E-state index contributed by atoms with van der Waals surface area (Å²) in [5.41, 5.74) is 4.69. The van der Waals surface area contributed by atoms with Crippen LogP contribution in [0.25, 0.3) is 5.69 Å². The van der Waals surface area contributed by atoms with Crippen LogP contribution in [0, 0.1) is 0 Å². The molecule has 2 heterocycles. The van der Waals surface area contributed by atoms with E-state index in [1.807, 2.05) is 31.2 Å². The van der Waals surface area contributed by atoms with Gasteiger partial charge in [-0.15, -0.1) is 0 Å². The Morgan fingerprint density at radius 2 is 2.11 bits per heavy atom. The lowest BCUT2D eigenvalue weighted by Crippen LogP contribution is -2.20. The zero-order chi connectivity index (χ0) is 19.7. The van der Waals surface area contributed by atoms with Crippen molar-refractivity contribution >= 4 is 34.8 Å². The number of hydrogen-bond acceptors (Lipinski definition) is 3. The molecule has 4 rings (SSSR count). The molecule has 2 aromatic carbocycles. The molecule has 142 valence electrons. The molecule has 1 aliphatic heterocycles. The highest BCUT2D eigenvalue weighted by Gasteiger charge is 2.18. The molecule has 0 radical (unpaired) electrons. The normalized spacial score (nSPS) is 13.0. The highest BCUT2D eigenvalue weighted by molar-refractivity contribution is 6.30. The van der Waals surface area contributed by atoms with E-state index in [-0.39, 0.29) is 11.8 Å². The summed E-state index contributed by atoms with van der Waals surface area (Å²) in [7, 11) is 0. The number of nitrogens with one attached hydrogen (secondary N) is 2. The number of rotatable bonds is 4. The van der Waals surface area contributed by atoms with Crippen LogP contribution in [0.15, 0.2) is 48.7 Å². The van der Waals surface area contributed by atoms with Gasteiger partial charge in [-0.2, -0.15) is 5.10 Å². The van der Waals surface area contributed by atoms with Crippen molar-refractivity contribution in [2.75, 3.05) is 10.6 Å². The van der Waals surface area contributed by atoms with Gasteiger partial charge in [0, 0.05) is 22.7 Å². The molecule has 0 saturated heterocycles. The summed E-state index contributed by atoms with van der Waals surface area (Å²) in [5.74, 6) is -0.203. The number of hydrogen-bond donors (Lipinski definition) is 2. The minimum absolute atomic E-state index is 0.00530. The summed E-state index contributed by atoms with van der Waals surface area (Å²) < 4.78 is 1.78. The number of anilines is 2. The summed E-state index contributed by atoms with van der Waals surface area (Å²) in [6, 6.07) is 12.7. The molecule has 0 unspecified atom stereocenters. The Morgan fingerprint density at radius 3 is 2.89 bits per heavy atom. The van der Waals surface area contributed by atoms with Gasteiger partial charge in [-0.1, -0.05) is 24.6 Å². The zero-order valence-corrected chi connectivity index (χ0v) is 16.1. The van der Waals surface area contributed by atoms with Gasteiger partial charge in [-0.05, 0) is 54.8 Å². The first-order chi connectivity index (χ1) is 13.5. The van der Waals surface area contributed by atoms with E-state index in [0.717, 1.165) is 22.6 Å². The maximum atomic E-state index is 12.8. The number of benzene rings is 2. The number of amides is 2. The summed E-state index contributed by atoms with van der Waals surface area (Å²) >= 11 is 6.09. The topological polar surface area (TPSA) is 76.0 Å². The van der Waals surface area contributed by atoms with Crippen LogP contribution in [-0.4, -0.2) is 21.6 Å². The summed E-state index contributed by atoms with van der Waals surface area (Å²) in [6.07, 6.45) is 3.41. The summed E-state index contributed by atoms with van der Waals surface area (Å²) in [4.78, 5) is 24.3. The van der Waals surface area contributed by atoms with Crippen molar-refractivity contribution in [2.24, 2.45) is 0 Å². The van der Waals surface area contributed by atoms with Gasteiger partial charge in [-0.3, -0.25) is 9.59 Å². The molecule has 2 amide bonds. The monoisotopic (exact) mass is 394 g/mol. The fourth-order valence-corrected chi connectivity index (χ4v) is 3.55. The van der Waals surface area contributed by atoms with Crippen molar-refractivity contribution in [1.29, 1.82) is 0 Å². The van der Waals surface area contributed by atoms with Gasteiger partial charge in [-0.25, -0.2) is 4.68 Å². The number of nitrogens with zero attached hydrogens (tertiary/aromatic N) is 2. The maximum absolute atomic E-state index is 12.8. The van der Waals surface area contributed by atoms with Crippen LogP contribution < -0.4 is 10.6 Å². The first-order valence-electron chi connectivity index (χ1n) is 9.12. The molecule has 6 nitrogen and oxygen atoms in total. The van der Waals surface area contributed by atoms with E-state index in [1.54, 1.807) is 29.1 Å². The van der Waals surface area contributed by atoms with Crippen molar-refractivity contribution in [3.63, 3.8) is 0 Å². The molecular formula is C21H19ClN4O2. The maximum Gasteiger partial charge on any atom is 0.255 e. The number of aromatic nitrogens is 2. The van der Waals surface area contributed by atoms with Crippen LogP contribution in [-0.2, 0) is 17.6 Å². The van der Waals surface area contributed by atoms with Crippen LogP contribution in [0.5, 0.6) is 0 Å². The molecule has 0 atom stereocenters. The molecular weight excluding hydrogens is 376 g/mol. The predicted molar refractivity (Wildman–Crippen MR) is 109 cm³/mol. The lowest BCUT2D eigenvalue weighted by Gasteiger charge is -2.17. The van der Waals surface area contributed by atoms with Gasteiger partial charge < -0.3 is 10.6 Å². The molecule has 0 aliphatic carbocycles. The number of aryl methyl sites for hydroxylation is 1. The van der Waals surface area contributed by atoms with Gasteiger partial charge in [0.25, 0.3) is 5.91 Å². The van der Waals surface area contributed by atoms with Crippen molar-refractivity contribution < 1.29 is 9.59 Å². The van der Waals surface area contributed by atoms with Crippen LogP contribution in [0.3, 0.4) is 0 Å². The molecule has 0 fully saturated rings. The van der Waals surface area contributed by atoms with Crippen molar-refractivity contribution in [3.8, 4) is 5.69 Å². The van der Waals surface area contributed by atoms with Crippen LogP contribution in [0.4, 0.5) is 11.4 Å². The second kappa shape index (κ2) is 7.48. The SMILES string of the molecule is CCc1c(NC(=O)c2ccc3c(c2)CCC(=O)N3)cnn1-c1cccc(Cl)c1. The standard InChI is InChI=1S/C21H19ClN4O2/c1-2-19-18(12-23-26(19)16-5-3-4-15(22)11-16)25-21(28)14-6-8-17-13(10-14)7-9-20(27)24-17/h3-6,8,10-12H,2,7,9H2,1H3,(H,24,27)(H,25,28). The fraction of sp³-hybridized carbons (Fsp3) is 0.190. The van der Waals surface area contributed by atoms with E-state index >= 15 is 0 Å². The Labute approximate surface area is 167 Å². The van der Waals surface area contributed by atoms with E-state index in [9.17, 15) is 9.59 Å². The Bertz CT molecular complexity index is 1070. The van der Waals surface area contributed by atoms with E-state index in [1.165, 1.54) is 0 Å². The molecule has 0 saturated carbocycles. The lowest BCUT2D eigenvalue weighted by atomic mass is 10.00. The van der Waals surface area contributed by atoms with Crippen LogP contribution in [0.1, 0.15) is 35.0 Å². The Balaban J connectivity index is 1.59. The first-order valence-corrected chi connectivity index (χ1v) is 9.50. The van der Waals surface area contributed by atoms with Gasteiger partial charge in [0.15, 0.2) is 0 Å². The molecule has 2 N–H and O–H groups in total. The third-order valence-corrected chi connectivity index (χ3v) is 5.00. The van der Waals surface area contributed by atoms with E-state index in [2.05, 4.69) is 15.7 Å². The Hall–Kier alpha value is -3.12. The van der Waals surface area contributed by atoms with Crippen molar-refractivity contribution in [1.82, 2.24) is 9.78 Å². The predicted octanol–water partition coefficient (Wildman–Crippen LogP) is 4.23.